The Morgan fingerprint density at radius 3 is 2.45 bits per heavy atom. The predicted octanol–water partition coefficient (Wildman–Crippen LogP) is 7.64. The molecule has 0 fully saturated rings. The first-order valence-corrected chi connectivity index (χ1v) is 13.6. The molecule has 0 saturated carbocycles. The molecule has 2 heterocycles. The maximum Gasteiger partial charge on any atom is 0.255 e. The van der Waals surface area contributed by atoms with Gasteiger partial charge < -0.3 is 16.4 Å². The van der Waals surface area contributed by atoms with Crippen molar-refractivity contribution in [3.63, 3.8) is 0 Å². The summed E-state index contributed by atoms with van der Waals surface area (Å²) in [5.74, 6) is 0.730. The highest BCUT2D eigenvalue weighted by molar-refractivity contribution is 9.10. The Morgan fingerprint density at radius 1 is 0.947 bits per heavy atom. The van der Waals surface area contributed by atoms with E-state index in [9.17, 15) is 4.79 Å². The minimum absolute atomic E-state index is 0.194. The van der Waals surface area contributed by atoms with E-state index in [1.807, 2.05) is 66.7 Å². The van der Waals surface area contributed by atoms with Crippen molar-refractivity contribution in [3.8, 4) is 0 Å². The Balaban J connectivity index is 1.50. The standard InChI is InChI=1S/C29H25BrN6OS/c1-17(2)24-13-12-23-27(35-24)32-16-33-28(23)36-25-15-21(34-29(37)18-3-5-19(30)6-4-18)9-14-26(25)38-22-10-7-20(31)8-11-22/h3-17H,31H2,1-2H3,(H,34,37)(H,32,33,35,36). The molecule has 0 aliphatic heterocycles. The SMILES string of the molecule is CC(C)c1ccc2c(Nc3cc(NC(=O)c4ccc(Br)cc4)ccc3Sc3ccc(N)cc3)ncnc2n1. The average molecular weight is 586 g/mol. The van der Waals surface area contributed by atoms with Crippen molar-refractivity contribution in [2.45, 2.75) is 29.6 Å². The number of rotatable bonds is 7. The number of aromatic nitrogens is 3. The molecule has 3 aromatic carbocycles. The second-order valence-corrected chi connectivity index (χ2v) is 11.0. The zero-order valence-corrected chi connectivity index (χ0v) is 23.2. The van der Waals surface area contributed by atoms with Crippen molar-refractivity contribution in [1.82, 2.24) is 15.0 Å². The number of fused-ring (bicyclic) bond motifs is 1. The Hall–Kier alpha value is -3.95. The van der Waals surface area contributed by atoms with E-state index in [1.165, 1.54) is 6.33 Å². The number of pyridine rings is 1. The highest BCUT2D eigenvalue weighted by Crippen LogP contribution is 2.37. The molecule has 190 valence electrons. The van der Waals surface area contributed by atoms with Crippen LogP contribution in [0, 0.1) is 0 Å². The van der Waals surface area contributed by atoms with Crippen molar-refractivity contribution in [3.05, 3.63) is 101 Å². The lowest BCUT2D eigenvalue weighted by molar-refractivity contribution is 0.102. The summed E-state index contributed by atoms with van der Waals surface area (Å²) >= 11 is 4.99. The van der Waals surface area contributed by atoms with Crippen LogP contribution < -0.4 is 16.4 Å². The van der Waals surface area contributed by atoms with Crippen LogP contribution in [0.5, 0.6) is 0 Å². The second-order valence-electron chi connectivity index (χ2n) is 8.95. The first-order chi connectivity index (χ1) is 18.4. The van der Waals surface area contributed by atoms with E-state index in [2.05, 4.69) is 50.4 Å². The van der Waals surface area contributed by atoms with E-state index < -0.39 is 0 Å². The number of hydrogen-bond acceptors (Lipinski definition) is 7. The van der Waals surface area contributed by atoms with E-state index in [-0.39, 0.29) is 5.91 Å². The summed E-state index contributed by atoms with van der Waals surface area (Å²) in [6.45, 7) is 4.20. The molecule has 38 heavy (non-hydrogen) atoms. The number of carbonyl (C=O) groups excluding carboxylic acids is 1. The molecule has 0 aliphatic rings. The van der Waals surface area contributed by atoms with Gasteiger partial charge in [-0.05, 0) is 84.8 Å². The third-order valence-electron chi connectivity index (χ3n) is 5.81. The molecule has 0 aliphatic carbocycles. The van der Waals surface area contributed by atoms with Crippen LogP contribution in [0.1, 0.15) is 35.8 Å². The van der Waals surface area contributed by atoms with Gasteiger partial charge in [0, 0.05) is 36.9 Å². The fourth-order valence-corrected chi connectivity index (χ4v) is 4.91. The molecule has 7 nitrogen and oxygen atoms in total. The Bertz CT molecular complexity index is 1610. The van der Waals surface area contributed by atoms with Crippen LogP contribution in [0.2, 0.25) is 0 Å². The maximum atomic E-state index is 12.9. The molecule has 1 amide bonds. The summed E-state index contributed by atoms with van der Waals surface area (Å²) in [5.41, 5.74) is 10.2. The number of nitrogens with one attached hydrogen (secondary N) is 2. The van der Waals surface area contributed by atoms with E-state index in [0.29, 0.717) is 34.3 Å². The first kappa shape index (κ1) is 25.7. The normalized spacial score (nSPS) is 11.1. The van der Waals surface area contributed by atoms with Crippen LogP contribution in [0.15, 0.2) is 99.5 Å². The largest absolute Gasteiger partial charge is 0.399 e. The van der Waals surface area contributed by atoms with E-state index in [4.69, 9.17) is 10.7 Å². The van der Waals surface area contributed by atoms with Gasteiger partial charge in [0.15, 0.2) is 5.65 Å². The van der Waals surface area contributed by atoms with Gasteiger partial charge >= 0.3 is 0 Å². The second kappa shape index (κ2) is 11.2. The summed E-state index contributed by atoms with van der Waals surface area (Å²) in [6.07, 6.45) is 1.51. The monoisotopic (exact) mass is 584 g/mol. The molecular formula is C29H25BrN6OS. The number of amides is 1. The number of nitrogens with zero attached hydrogens (tertiary/aromatic N) is 3. The molecule has 5 rings (SSSR count). The first-order valence-electron chi connectivity index (χ1n) is 12.0. The smallest absolute Gasteiger partial charge is 0.255 e. The summed E-state index contributed by atoms with van der Waals surface area (Å²) < 4.78 is 0.914. The average Bonchev–Trinajstić information content (AvgIpc) is 2.91. The number of halogens is 1. The van der Waals surface area contributed by atoms with Crippen LogP contribution in [0.3, 0.4) is 0 Å². The fourth-order valence-electron chi connectivity index (χ4n) is 3.77. The lowest BCUT2D eigenvalue weighted by atomic mass is 10.1. The van der Waals surface area contributed by atoms with Crippen molar-refractivity contribution in [1.29, 1.82) is 0 Å². The topological polar surface area (TPSA) is 106 Å². The lowest BCUT2D eigenvalue weighted by Crippen LogP contribution is -2.12. The summed E-state index contributed by atoms with van der Waals surface area (Å²) in [5, 5.41) is 7.27. The predicted molar refractivity (Wildman–Crippen MR) is 158 cm³/mol. The van der Waals surface area contributed by atoms with Crippen molar-refractivity contribution in [2.24, 2.45) is 0 Å². The van der Waals surface area contributed by atoms with Gasteiger partial charge in [0.1, 0.15) is 12.1 Å². The minimum atomic E-state index is -0.194. The quantitative estimate of drug-likeness (QED) is 0.169. The highest BCUT2D eigenvalue weighted by atomic mass is 79.9. The zero-order valence-electron chi connectivity index (χ0n) is 20.8. The van der Waals surface area contributed by atoms with Crippen LogP contribution in [0.4, 0.5) is 22.9 Å². The van der Waals surface area contributed by atoms with Gasteiger partial charge in [-0.3, -0.25) is 4.79 Å². The van der Waals surface area contributed by atoms with E-state index >= 15 is 0 Å². The van der Waals surface area contributed by atoms with Crippen LogP contribution in [-0.4, -0.2) is 20.9 Å². The number of hydrogen-bond donors (Lipinski definition) is 3. The van der Waals surface area contributed by atoms with Gasteiger partial charge in [-0.2, -0.15) is 0 Å². The van der Waals surface area contributed by atoms with Gasteiger partial charge in [-0.1, -0.05) is 41.5 Å². The third kappa shape index (κ3) is 5.95. The van der Waals surface area contributed by atoms with E-state index in [1.54, 1.807) is 23.9 Å². The maximum absolute atomic E-state index is 12.9. The van der Waals surface area contributed by atoms with Gasteiger partial charge in [0.05, 0.1) is 11.1 Å². The van der Waals surface area contributed by atoms with Crippen LogP contribution >= 0.6 is 27.7 Å². The van der Waals surface area contributed by atoms with E-state index in [0.717, 1.165) is 31.0 Å². The van der Waals surface area contributed by atoms with Crippen molar-refractivity contribution in [2.75, 3.05) is 16.4 Å². The Labute approximate surface area is 233 Å². The summed E-state index contributed by atoms with van der Waals surface area (Å²) in [6, 6.07) is 24.7. The number of benzene rings is 3. The molecule has 9 heteroatoms. The fraction of sp³-hybridized carbons (Fsp3) is 0.103. The Morgan fingerprint density at radius 2 is 1.71 bits per heavy atom. The molecule has 0 spiro atoms. The molecule has 5 aromatic rings. The molecule has 4 N–H and O–H groups in total. The number of carbonyl (C=O) groups is 1. The third-order valence-corrected chi connectivity index (χ3v) is 7.43. The van der Waals surface area contributed by atoms with Crippen LogP contribution in [-0.2, 0) is 0 Å². The summed E-state index contributed by atoms with van der Waals surface area (Å²) in [4.78, 5) is 28.4. The number of anilines is 4. The number of nitrogens with two attached hydrogens (primary N) is 1. The zero-order chi connectivity index (χ0) is 26.6. The molecule has 0 atom stereocenters. The molecule has 0 saturated heterocycles. The minimum Gasteiger partial charge on any atom is -0.399 e. The van der Waals surface area contributed by atoms with Crippen molar-refractivity contribution < 1.29 is 4.79 Å². The highest BCUT2D eigenvalue weighted by Gasteiger charge is 2.14. The van der Waals surface area contributed by atoms with Crippen LogP contribution in [0.25, 0.3) is 11.0 Å². The van der Waals surface area contributed by atoms with Gasteiger partial charge in [0.25, 0.3) is 5.91 Å². The molecule has 2 aromatic heterocycles. The number of nitrogen functional groups attached to an aromatic ring is 1. The molecular weight excluding hydrogens is 560 g/mol. The Kier molecular flexibility index (Phi) is 7.57. The van der Waals surface area contributed by atoms with Gasteiger partial charge in [0.2, 0.25) is 0 Å². The van der Waals surface area contributed by atoms with Crippen molar-refractivity contribution >= 4 is 67.5 Å². The molecule has 0 radical (unpaired) electrons. The summed E-state index contributed by atoms with van der Waals surface area (Å²) in [7, 11) is 0. The molecule has 0 unspecified atom stereocenters. The molecule has 0 bridgehead atoms. The van der Waals surface area contributed by atoms with Gasteiger partial charge in [-0.15, -0.1) is 0 Å². The lowest BCUT2D eigenvalue weighted by Gasteiger charge is -2.15. The van der Waals surface area contributed by atoms with Gasteiger partial charge in [-0.25, -0.2) is 15.0 Å².